The third-order valence-corrected chi connectivity index (χ3v) is 7.44. The van der Waals surface area contributed by atoms with E-state index in [1.807, 2.05) is 60.7 Å². The van der Waals surface area contributed by atoms with Crippen molar-refractivity contribution in [1.29, 1.82) is 0 Å². The minimum absolute atomic E-state index is 0.180. The summed E-state index contributed by atoms with van der Waals surface area (Å²) in [4.78, 5) is 0. The van der Waals surface area contributed by atoms with E-state index in [1.54, 1.807) is 0 Å². The van der Waals surface area contributed by atoms with E-state index in [9.17, 15) is 14.8 Å². The molecule has 23 heavy (non-hydrogen) atoms. The van der Waals surface area contributed by atoms with Crippen molar-refractivity contribution in [2.24, 2.45) is 0 Å². The molecule has 3 atom stereocenters. The molecule has 2 N–H and O–H groups in total. The summed E-state index contributed by atoms with van der Waals surface area (Å²) in [6.07, 6.45) is -1.89. The average molecular weight is 332 g/mol. The van der Waals surface area contributed by atoms with E-state index < -0.39 is 25.5 Å². The number of hydrogen-bond donors (Lipinski definition) is 2. The molecule has 1 fully saturated rings. The second-order valence-corrected chi connectivity index (χ2v) is 8.73. The highest BCUT2D eigenvalue weighted by atomic mass is 31.2. The quantitative estimate of drug-likeness (QED) is 0.833. The van der Waals surface area contributed by atoms with Crippen LogP contribution in [0.25, 0.3) is 0 Å². The monoisotopic (exact) mass is 332 g/mol. The molecule has 0 aliphatic carbocycles. The SMILES string of the molecule is O=P(C[C@@H]1OCC[C@@H](O)[C@H]1O)(c1ccccc1)c1ccccc1. The number of aliphatic hydroxyl groups excluding tert-OH is 2. The van der Waals surface area contributed by atoms with Crippen molar-refractivity contribution in [2.75, 3.05) is 12.8 Å². The van der Waals surface area contributed by atoms with Gasteiger partial charge in [0.05, 0.1) is 12.2 Å². The van der Waals surface area contributed by atoms with Gasteiger partial charge >= 0.3 is 0 Å². The molecule has 0 bridgehead atoms. The van der Waals surface area contributed by atoms with Gasteiger partial charge < -0.3 is 19.5 Å². The van der Waals surface area contributed by atoms with Crippen molar-refractivity contribution in [1.82, 2.24) is 0 Å². The Bertz CT molecular complexity index is 630. The van der Waals surface area contributed by atoms with Gasteiger partial charge in [0.1, 0.15) is 13.2 Å². The largest absolute Gasteiger partial charge is 0.390 e. The number of ether oxygens (including phenoxy) is 1. The van der Waals surface area contributed by atoms with Crippen LogP contribution in [0.2, 0.25) is 0 Å². The van der Waals surface area contributed by atoms with Crippen molar-refractivity contribution < 1.29 is 19.5 Å². The van der Waals surface area contributed by atoms with E-state index in [2.05, 4.69) is 0 Å². The van der Waals surface area contributed by atoms with Crippen LogP contribution in [-0.4, -0.2) is 41.3 Å². The van der Waals surface area contributed by atoms with E-state index >= 15 is 0 Å². The molecule has 1 saturated heterocycles. The molecule has 0 spiro atoms. The Balaban J connectivity index is 1.98. The van der Waals surface area contributed by atoms with Crippen LogP contribution in [0.4, 0.5) is 0 Å². The van der Waals surface area contributed by atoms with Gasteiger partial charge in [0.2, 0.25) is 0 Å². The lowest BCUT2D eigenvalue weighted by Crippen LogP contribution is -2.47. The second-order valence-electron chi connectivity index (χ2n) is 5.85. The first-order valence-corrected chi connectivity index (χ1v) is 9.68. The van der Waals surface area contributed by atoms with Crippen LogP contribution in [0, 0.1) is 0 Å². The molecule has 4 nitrogen and oxygen atoms in total. The molecule has 3 rings (SSSR count). The van der Waals surface area contributed by atoms with Gasteiger partial charge in [0, 0.05) is 23.4 Å². The Morgan fingerprint density at radius 3 is 2.00 bits per heavy atom. The molecule has 0 amide bonds. The molecule has 2 aromatic rings. The molecule has 1 aliphatic heterocycles. The van der Waals surface area contributed by atoms with Gasteiger partial charge in [-0.2, -0.15) is 0 Å². The zero-order valence-electron chi connectivity index (χ0n) is 12.8. The Morgan fingerprint density at radius 1 is 0.957 bits per heavy atom. The fraction of sp³-hybridized carbons (Fsp3) is 0.333. The molecule has 122 valence electrons. The van der Waals surface area contributed by atoms with Gasteiger partial charge in [0.15, 0.2) is 0 Å². The minimum Gasteiger partial charge on any atom is -0.390 e. The zero-order chi connectivity index (χ0) is 16.3. The fourth-order valence-electron chi connectivity index (χ4n) is 2.97. The zero-order valence-corrected chi connectivity index (χ0v) is 13.7. The molecule has 5 heteroatoms. The third kappa shape index (κ3) is 3.41. The first kappa shape index (κ1) is 16.4. The molecule has 0 saturated carbocycles. The predicted octanol–water partition coefficient (Wildman–Crippen LogP) is 1.51. The van der Waals surface area contributed by atoms with Crippen molar-refractivity contribution in [2.45, 2.75) is 24.7 Å². The average Bonchev–Trinajstić information content (AvgIpc) is 2.60. The summed E-state index contributed by atoms with van der Waals surface area (Å²) in [5.74, 6) is 0. The van der Waals surface area contributed by atoms with Gasteiger partial charge in [-0.25, -0.2) is 0 Å². The van der Waals surface area contributed by atoms with E-state index in [0.717, 1.165) is 10.6 Å². The maximum absolute atomic E-state index is 13.9. The topological polar surface area (TPSA) is 66.8 Å². The summed E-state index contributed by atoms with van der Waals surface area (Å²) in [5, 5.41) is 21.5. The van der Waals surface area contributed by atoms with Crippen LogP contribution in [0.1, 0.15) is 6.42 Å². The highest BCUT2D eigenvalue weighted by Crippen LogP contribution is 2.45. The van der Waals surface area contributed by atoms with E-state index in [1.165, 1.54) is 0 Å². The lowest BCUT2D eigenvalue weighted by molar-refractivity contribution is -0.125. The van der Waals surface area contributed by atoms with Crippen LogP contribution in [0.5, 0.6) is 0 Å². The summed E-state index contributed by atoms with van der Waals surface area (Å²) in [6.45, 7) is 0.368. The van der Waals surface area contributed by atoms with Gasteiger partial charge in [-0.15, -0.1) is 0 Å². The van der Waals surface area contributed by atoms with Crippen LogP contribution in [0.15, 0.2) is 60.7 Å². The number of rotatable bonds is 4. The Labute approximate surface area is 136 Å². The van der Waals surface area contributed by atoms with Gasteiger partial charge in [-0.1, -0.05) is 60.7 Å². The Kier molecular flexibility index (Phi) is 4.98. The molecule has 0 aromatic heterocycles. The van der Waals surface area contributed by atoms with Crippen molar-refractivity contribution in [3.63, 3.8) is 0 Å². The summed E-state index contributed by atoms with van der Waals surface area (Å²) in [7, 11) is -2.95. The number of hydrogen-bond acceptors (Lipinski definition) is 4. The van der Waals surface area contributed by atoms with E-state index in [-0.39, 0.29) is 6.16 Å². The van der Waals surface area contributed by atoms with Gasteiger partial charge in [-0.05, 0) is 6.42 Å². The van der Waals surface area contributed by atoms with Crippen LogP contribution in [-0.2, 0) is 9.30 Å². The fourth-order valence-corrected chi connectivity index (χ4v) is 5.82. The predicted molar refractivity (Wildman–Crippen MR) is 91.0 cm³/mol. The van der Waals surface area contributed by atoms with Crippen LogP contribution >= 0.6 is 7.14 Å². The summed E-state index contributed by atoms with van der Waals surface area (Å²) in [6, 6.07) is 18.6. The maximum Gasteiger partial charge on any atom is 0.145 e. The second kappa shape index (κ2) is 6.98. The lowest BCUT2D eigenvalue weighted by Gasteiger charge is -2.34. The van der Waals surface area contributed by atoms with Crippen molar-refractivity contribution in [3.05, 3.63) is 60.7 Å². The maximum atomic E-state index is 13.9. The molecule has 0 radical (unpaired) electrons. The normalized spacial score (nSPS) is 25.2. The minimum atomic E-state index is -2.95. The summed E-state index contributed by atoms with van der Waals surface area (Å²) < 4.78 is 19.5. The summed E-state index contributed by atoms with van der Waals surface area (Å²) in [5.41, 5.74) is 0. The molecule has 0 unspecified atom stereocenters. The number of benzene rings is 2. The van der Waals surface area contributed by atoms with Crippen molar-refractivity contribution in [3.8, 4) is 0 Å². The van der Waals surface area contributed by atoms with Gasteiger partial charge in [-0.3, -0.25) is 0 Å². The highest BCUT2D eigenvalue weighted by molar-refractivity contribution is 7.78. The molecular formula is C18H21O4P. The smallest absolute Gasteiger partial charge is 0.145 e. The highest BCUT2D eigenvalue weighted by Gasteiger charge is 2.38. The number of aliphatic hydroxyl groups is 2. The van der Waals surface area contributed by atoms with E-state index in [0.29, 0.717) is 13.0 Å². The Hall–Kier alpha value is -1.45. The molecule has 1 heterocycles. The first-order chi connectivity index (χ1) is 11.1. The molecular weight excluding hydrogens is 311 g/mol. The van der Waals surface area contributed by atoms with E-state index in [4.69, 9.17) is 4.74 Å². The van der Waals surface area contributed by atoms with Crippen LogP contribution in [0.3, 0.4) is 0 Å². The van der Waals surface area contributed by atoms with Crippen molar-refractivity contribution >= 4 is 17.8 Å². The third-order valence-electron chi connectivity index (χ3n) is 4.30. The molecule has 1 aliphatic rings. The van der Waals surface area contributed by atoms with Crippen LogP contribution < -0.4 is 10.6 Å². The lowest BCUT2D eigenvalue weighted by atomic mass is 10.0. The first-order valence-electron chi connectivity index (χ1n) is 7.79. The molecule has 2 aromatic carbocycles. The van der Waals surface area contributed by atoms with Gasteiger partial charge in [0.25, 0.3) is 0 Å². The Morgan fingerprint density at radius 2 is 1.48 bits per heavy atom. The summed E-state index contributed by atoms with van der Waals surface area (Å²) >= 11 is 0. The standard InChI is InChI=1S/C18H21O4P/c19-16-11-12-22-17(18(16)20)13-23(21,14-7-3-1-4-8-14)15-9-5-2-6-10-15/h1-10,16-20H,11-13H2/t16-,17+,18-/m1/s1.